The van der Waals surface area contributed by atoms with Crippen molar-refractivity contribution in [2.24, 2.45) is 4.99 Å². The van der Waals surface area contributed by atoms with Crippen LogP contribution in [0.3, 0.4) is 0 Å². The summed E-state index contributed by atoms with van der Waals surface area (Å²) < 4.78 is 5.32. The summed E-state index contributed by atoms with van der Waals surface area (Å²) in [6.07, 6.45) is 1.67. The molecule has 118 valence electrons. The summed E-state index contributed by atoms with van der Waals surface area (Å²) in [6.45, 7) is 4.13. The van der Waals surface area contributed by atoms with Gasteiger partial charge in [0.25, 0.3) is 0 Å². The minimum atomic E-state index is 0.622. The van der Waals surface area contributed by atoms with Gasteiger partial charge >= 0.3 is 0 Å². The van der Waals surface area contributed by atoms with Gasteiger partial charge in [0.15, 0.2) is 5.96 Å². The molecule has 0 bridgehead atoms. The molecule has 1 heterocycles. The first-order valence-corrected chi connectivity index (χ1v) is 7.50. The molecule has 5 nitrogen and oxygen atoms in total. The molecule has 0 unspecified atom stereocenters. The average Bonchev–Trinajstić information content (AvgIpc) is 3.03. The van der Waals surface area contributed by atoms with E-state index in [2.05, 4.69) is 51.7 Å². The number of furan rings is 1. The molecule has 0 fully saturated rings. The monoisotopic (exact) mass is 300 g/mol. The first-order valence-electron chi connectivity index (χ1n) is 7.50. The lowest BCUT2D eigenvalue weighted by Gasteiger charge is -2.13. The standard InChI is InChI=1S/C17H24N4O/c1-4-18-17(20-13-16-9-6-10-22-16)19-12-14-7-5-8-15(11-14)21(2)3/h5-11H,4,12-13H2,1-3H3,(H2,18,19,20). The highest BCUT2D eigenvalue weighted by atomic mass is 16.3. The van der Waals surface area contributed by atoms with Crippen molar-refractivity contribution in [1.29, 1.82) is 0 Å². The van der Waals surface area contributed by atoms with Gasteiger partial charge in [-0.25, -0.2) is 4.99 Å². The van der Waals surface area contributed by atoms with Crippen LogP contribution in [0, 0.1) is 0 Å². The summed E-state index contributed by atoms with van der Waals surface area (Å²) in [5.41, 5.74) is 2.36. The Morgan fingerprint density at radius 2 is 2.05 bits per heavy atom. The van der Waals surface area contributed by atoms with Crippen LogP contribution in [0.2, 0.25) is 0 Å². The number of nitrogens with one attached hydrogen (secondary N) is 2. The summed E-state index contributed by atoms with van der Waals surface area (Å²) in [4.78, 5) is 6.71. The summed E-state index contributed by atoms with van der Waals surface area (Å²) in [5, 5.41) is 6.50. The van der Waals surface area contributed by atoms with E-state index in [9.17, 15) is 0 Å². The molecule has 1 aromatic carbocycles. The Morgan fingerprint density at radius 1 is 1.18 bits per heavy atom. The lowest BCUT2D eigenvalue weighted by atomic mass is 10.2. The second kappa shape index (κ2) is 8.12. The smallest absolute Gasteiger partial charge is 0.191 e. The van der Waals surface area contributed by atoms with Gasteiger partial charge < -0.3 is 20.0 Å². The maximum atomic E-state index is 5.32. The summed E-state index contributed by atoms with van der Waals surface area (Å²) in [5.74, 6) is 1.68. The van der Waals surface area contributed by atoms with Gasteiger partial charge in [0.1, 0.15) is 5.76 Å². The van der Waals surface area contributed by atoms with Crippen molar-refractivity contribution in [3.05, 3.63) is 54.0 Å². The van der Waals surface area contributed by atoms with Crippen molar-refractivity contribution < 1.29 is 4.42 Å². The summed E-state index contributed by atoms with van der Waals surface area (Å²) in [7, 11) is 4.08. The minimum absolute atomic E-state index is 0.622. The van der Waals surface area contributed by atoms with E-state index < -0.39 is 0 Å². The van der Waals surface area contributed by atoms with Crippen molar-refractivity contribution in [2.45, 2.75) is 20.0 Å². The molecule has 2 rings (SSSR count). The Morgan fingerprint density at radius 3 is 2.73 bits per heavy atom. The predicted octanol–water partition coefficient (Wildman–Crippen LogP) is 2.60. The number of nitrogens with zero attached hydrogens (tertiary/aromatic N) is 2. The van der Waals surface area contributed by atoms with Crippen LogP contribution < -0.4 is 15.5 Å². The average molecular weight is 300 g/mol. The second-order valence-corrected chi connectivity index (χ2v) is 5.19. The molecule has 1 aromatic heterocycles. The molecule has 0 atom stereocenters. The third kappa shape index (κ3) is 4.84. The van der Waals surface area contributed by atoms with Gasteiger partial charge in [-0.3, -0.25) is 0 Å². The van der Waals surface area contributed by atoms with E-state index in [-0.39, 0.29) is 0 Å². The van der Waals surface area contributed by atoms with E-state index in [0.717, 1.165) is 18.3 Å². The highest BCUT2D eigenvalue weighted by Crippen LogP contribution is 2.13. The van der Waals surface area contributed by atoms with E-state index in [0.29, 0.717) is 13.1 Å². The van der Waals surface area contributed by atoms with Gasteiger partial charge in [-0.1, -0.05) is 12.1 Å². The highest BCUT2D eigenvalue weighted by Gasteiger charge is 2.01. The van der Waals surface area contributed by atoms with Crippen molar-refractivity contribution >= 4 is 11.6 Å². The Labute approximate surface area is 132 Å². The number of anilines is 1. The van der Waals surface area contributed by atoms with Crippen LogP contribution >= 0.6 is 0 Å². The van der Waals surface area contributed by atoms with E-state index >= 15 is 0 Å². The first kappa shape index (κ1) is 15.9. The summed E-state index contributed by atoms with van der Waals surface area (Å²) >= 11 is 0. The molecule has 0 saturated carbocycles. The van der Waals surface area contributed by atoms with Crippen LogP contribution in [0.4, 0.5) is 5.69 Å². The van der Waals surface area contributed by atoms with Crippen molar-refractivity contribution in [1.82, 2.24) is 10.6 Å². The third-order valence-corrected chi connectivity index (χ3v) is 3.20. The molecular weight excluding hydrogens is 276 g/mol. The quantitative estimate of drug-likeness (QED) is 0.636. The van der Waals surface area contributed by atoms with Crippen LogP contribution in [-0.4, -0.2) is 26.6 Å². The maximum absolute atomic E-state index is 5.32. The molecular formula is C17H24N4O. The molecule has 22 heavy (non-hydrogen) atoms. The van der Waals surface area contributed by atoms with Gasteiger partial charge in [0, 0.05) is 26.3 Å². The normalized spacial score (nSPS) is 11.3. The Hall–Kier alpha value is -2.43. The van der Waals surface area contributed by atoms with Crippen molar-refractivity contribution in [2.75, 3.05) is 25.5 Å². The topological polar surface area (TPSA) is 52.8 Å². The Balaban J connectivity index is 1.98. The van der Waals surface area contributed by atoms with Gasteiger partial charge in [0.05, 0.1) is 19.4 Å². The number of guanidine groups is 1. The fourth-order valence-corrected chi connectivity index (χ4v) is 2.03. The SMILES string of the molecule is CCNC(=NCc1cccc(N(C)C)c1)NCc1ccco1. The van der Waals surface area contributed by atoms with Gasteiger partial charge in [0.2, 0.25) is 0 Å². The molecule has 5 heteroatoms. The minimum Gasteiger partial charge on any atom is -0.467 e. The van der Waals surface area contributed by atoms with Crippen molar-refractivity contribution in [3.63, 3.8) is 0 Å². The van der Waals surface area contributed by atoms with Crippen LogP contribution in [0.25, 0.3) is 0 Å². The zero-order chi connectivity index (χ0) is 15.8. The van der Waals surface area contributed by atoms with Gasteiger partial charge in [-0.15, -0.1) is 0 Å². The fraction of sp³-hybridized carbons (Fsp3) is 0.353. The van der Waals surface area contributed by atoms with Crippen LogP contribution in [-0.2, 0) is 13.1 Å². The number of benzene rings is 1. The van der Waals surface area contributed by atoms with Gasteiger partial charge in [-0.05, 0) is 36.8 Å². The van der Waals surface area contributed by atoms with Crippen LogP contribution in [0.5, 0.6) is 0 Å². The fourth-order valence-electron chi connectivity index (χ4n) is 2.03. The molecule has 0 aliphatic carbocycles. The largest absolute Gasteiger partial charge is 0.467 e. The zero-order valence-corrected chi connectivity index (χ0v) is 13.5. The third-order valence-electron chi connectivity index (χ3n) is 3.20. The van der Waals surface area contributed by atoms with E-state index in [1.54, 1.807) is 6.26 Å². The molecule has 2 aromatic rings. The lowest BCUT2D eigenvalue weighted by molar-refractivity contribution is 0.501. The number of hydrogen-bond acceptors (Lipinski definition) is 3. The lowest BCUT2D eigenvalue weighted by Crippen LogP contribution is -2.36. The van der Waals surface area contributed by atoms with Gasteiger partial charge in [-0.2, -0.15) is 0 Å². The number of aliphatic imine (C=N–C) groups is 1. The zero-order valence-electron chi connectivity index (χ0n) is 13.5. The van der Waals surface area contributed by atoms with E-state index in [1.807, 2.05) is 26.2 Å². The molecule has 0 radical (unpaired) electrons. The Kier molecular flexibility index (Phi) is 5.89. The van der Waals surface area contributed by atoms with Crippen molar-refractivity contribution in [3.8, 4) is 0 Å². The maximum Gasteiger partial charge on any atom is 0.191 e. The van der Waals surface area contributed by atoms with E-state index in [1.165, 1.54) is 11.3 Å². The molecule has 0 amide bonds. The molecule has 0 aliphatic heterocycles. The number of hydrogen-bond donors (Lipinski definition) is 2. The second-order valence-electron chi connectivity index (χ2n) is 5.19. The summed E-state index contributed by atoms with van der Waals surface area (Å²) in [6, 6.07) is 12.2. The number of rotatable bonds is 6. The molecule has 0 aliphatic rings. The Bertz CT molecular complexity index is 590. The van der Waals surface area contributed by atoms with E-state index in [4.69, 9.17) is 4.42 Å². The molecule has 0 spiro atoms. The highest BCUT2D eigenvalue weighted by molar-refractivity contribution is 5.79. The molecule has 2 N–H and O–H groups in total. The molecule has 0 saturated heterocycles. The van der Waals surface area contributed by atoms with Crippen LogP contribution in [0.1, 0.15) is 18.2 Å². The predicted molar refractivity (Wildman–Crippen MR) is 91.1 cm³/mol. The van der Waals surface area contributed by atoms with Crippen LogP contribution in [0.15, 0.2) is 52.1 Å². The first-order chi connectivity index (χ1) is 10.7.